The summed E-state index contributed by atoms with van der Waals surface area (Å²) >= 11 is 0. The van der Waals surface area contributed by atoms with Crippen LogP contribution >= 0.6 is 24.8 Å². The van der Waals surface area contributed by atoms with Crippen LogP contribution < -0.4 is 20.5 Å². The molecule has 6 nitrogen and oxygen atoms in total. The molecule has 2 rings (SSSR count). The highest BCUT2D eigenvalue weighted by atomic mass is 35.5. The highest BCUT2D eigenvalue weighted by molar-refractivity contribution is 5.85. The van der Waals surface area contributed by atoms with Crippen molar-refractivity contribution in [3.8, 4) is 11.5 Å². The van der Waals surface area contributed by atoms with Crippen molar-refractivity contribution in [3.05, 3.63) is 53.9 Å². The first-order valence-corrected chi connectivity index (χ1v) is 8.74. The van der Waals surface area contributed by atoms with E-state index >= 15 is 0 Å². The van der Waals surface area contributed by atoms with Crippen molar-refractivity contribution >= 4 is 30.7 Å². The number of nitrogens with two attached hydrogens (primary N) is 1. The summed E-state index contributed by atoms with van der Waals surface area (Å²) in [4.78, 5) is 16.0. The third-order valence-electron chi connectivity index (χ3n) is 4.04. The Morgan fingerprint density at radius 1 is 1.14 bits per heavy atom. The Hall–Kier alpha value is -2.02. The van der Waals surface area contributed by atoms with Gasteiger partial charge in [-0.2, -0.15) is 0 Å². The summed E-state index contributed by atoms with van der Waals surface area (Å²) in [7, 11) is 1.60. The topological polar surface area (TPSA) is 86.5 Å². The van der Waals surface area contributed by atoms with Crippen LogP contribution in [0.5, 0.6) is 11.5 Å². The van der Waals surface area contributed by atoms with E-state index in [1.165, 1.54) is 0 Å². The lowest BCUT2D eigenvalue weighted by molar-refractivity contribution is -0.121. The van der Waals surface area contributed by atoms with Gasteiger partial charge in [-0.15, -0.1) is 24.8 Å². The minimum absolute atomic E-state index is 0. The van der Waals surface area contributed by atoms with Gasteiger partial charge in [-0.25, -0.2) is 0 Å². The predicted molar refractivity (Wildman–Crippen MR) is 116 cm³/mol. The molecule has 0 saturated carbocycles. The highest BCUT2D eigenvalue weighted by Crippen LogP contribution is 2.31. The number of nitrogens with one attached hydrogen (secondary N) is 1. The zero-order valence-corrected chi connectivity index (χ0v) is 18.0. The van der Waals surface area contributed by atoms with Gasteiger partial charge in [-0.1, -0.05) is 6.07 Å². The number of rotatable bonds is 9. The van der Waals surface area contributed by atoms with Gasteiger partial charge in [0.1, 0.15) is 6.61 Å². The van der Waals surface area contributed by atoms with Crippen molar-refractivity contribution in [3.63, 3.8) is 0 Å². The van der Waals surface area contributed by atoms with Crippen LogP contribution in [0.25, 0.3) is 0 Å². The van der Waals surface area contributed by atoms with E-state index in [4.69, 9.17) is 15.2 Å². The van der Waals surface area contributed by atoms with Gasteiger partial charge in [0.2, 0.25) is 5.91 Å². The average Bonchev–Trinajstić information content (AvgIpc) is 2.65. The molecule has 0 radical (unpaired) electrons. The largest absolute Gasteiger partial charge is 0.493 e. The molecule has 0 fully saturated rings. The molecule has 28 heavy (non-hydrogen) atoms. The van der Waals surface area contributed by atoms with E-state index in [-0.39, 0.29) is 42.8 Å². The first-order chi connectivity index (χ1) is 12.5. The number of hydrogen-bond donors (Lipinski definition) is 2. The number of aromatic nitrogens is 1. The van der Waals surface area contributed by atoms with Crippen LogP contribution in [0.15, 0.2) is 42.7 Å². The molecule has 0 aliphatic heterocycles. The number of halogens is 2. The molecule has 2 unspecified atom stereocenters. The second-order valence-electron chi connectivity index (χ2n) is 6.36. The van der Waals surface area contributed by atoms with Crippen molar-refractivity contribution in [2.24, 2.45) is 5.73 Å². The molecule has 156 valence electrons. The van der Waals surface area contributed by atoms with Crippen LogP contribution in [0.2, 0.25) is 0 Å². The van der Waals surface area contributed by atoms with Crippen LogP contribution in [0.3, 0.4) is 0 Å². The second kappa shape index (κ2) is 13.2. The minimum atomic E-state index is -0.126. The lowest BCUT2D eigenvalue weighted by Crippen LogP contribution is -2.28. The number of ether oxygens (including phenoxy) is 2. The number of carbonyl (C=O) groups is 1. The lowest BCUT2D eigenvalue weighted by Gasteiger charge is -2.17. The Morgan fingerprint density at radius 3 is 2.43 bits per heavy atom. The molecule has 0 aliphatic carbocycles. The van der Waals surface area contributed by atoms with Crippen molar-refractivity contribution < 1.29 is 14.3 Å². The molecular formula is C20H29Cl2N3O3. The molecule has 1 aromatic heterocycles. The van der Waals surface area contributed by atoms with Crippen molar-refractivity contribution in [2.75, 3.05) is 7.11 Å². The third kappa shape index (κ3) is 8.33. The number of methoxy groups -OCH3 is 1. The Balaban J connectivity index is 0.00000364. The Bertz CT molecular complexity index is 715. The first-order valence-electron chi connectivity index (χ1n) is 8.74. The van der Waals surface area contributed by atoms with Gasteiger partial charge in [0.15, 0.2) is 11.5 Å². The van der Waals surface area contributed by atoms with Gasteiger partial charge in [0, 0.05) is 24.9 Å². The van der Waals surface area contributed by atoms with Crippen LogP contribution in [0, 0.1) is 0 Å². The fraction of sp³-hybridized carbons (Fsp3) is 0.400. The molecule has 0 spiro atoms. The molecule has 8 heteroatoms. The summed E-state index contributed by atoms with van der Waals surface area (Å²) in [5.41, 5.74) is 7.67. The van der Waals surface area contributed by atoms with E-state index in [1.807, 2.05) is 44.2 Å². The number of nitrogens with zero attached hydrogens (tertiary/aromatic N) is 1. The van der Waals surface area contributed by atoms with E-state index < -0.39 is 0 Å². The van der Waals surface area contributed by atoms with Crippen LogP contribution in [-0.2, 0) is 11.4 Å². The molecule has 0 bridgehead atoms. The van der Waals surface area contributed by atoms with E-state index in [9.17, 15) is 4.79 Å². The molecule has 1 heterocycles. The zero-order chi connectivity index (χ0) is 18.9. The van der Waals surface area contributed by atoms with E-state index in [1.54, 1.807) is 19.5 Å². The van der Waals surface area contributed by atoms with Gasteiger partial charge in [-0.05, 0) is 55.7 Å². The van der Waals surface area contributed by atoms with Gasteiger partial charge in [0.25, 0.3) is 0 Å². The number of pyridine rings is 1. The van der Waals surface area contributed by atoms with Crippen molar-refractivity contribution in [2.45, 2.75) is 45.4 Å². The number of benzene rings is 1. The van der Waals surface area contributed by atoms with Crippen molar-refractivity contribution in [1.29, 1.82) is 0 Å². The molecule has 3 N–H and O–H groups in total. The number of carbonyl (C=O) groups excluding carboxylic acids is 1. The molecular weight excluding hydrogens is 401 g/mol. The summed E-state index contributed by atoms with van der Waals surface area (Å²) in [5, 5.41) is 2.98. The standard InChI is InChI=1S/C20H27N3O3.2ClH/c1-14(21)4-7-20(24)23-15(2)17-5-6-18(19(12-17)25-3)26-13-16-8-10-22-11-9-16;;/h5-6,8-12,14-15H,4,7,13,21H2,1-3H3,(H,23,24);2*1H. The Morgan fingerprint density at radius 2 is 1.82 bits per heavy atom. The number of hydrogen-bond acceptors (Lipinski definition) is 5. The Kier molecular flexibility index (Phi) is 12.3. The van der Waals surface area contributed by atoms with Crippen LogP contribution in [-0.4, -0.2) is 24.0 Å². The minimum Gasteiger partial charge on any atom is -0.493 e. The second-order valence-corrected chi connectivity index (χ2v) is 6.36. The SMILES string of the molecule is COc1cc(C(C)NC(=O)CCC(C)N)ccc1OCc1ccncc1.Cl.Cl. The third-order valence-corrected chi connectivity index (χ3v) is 4.04. The monoisotopic (exact) mass is 429 g/mol. The fourth-order valence-electron chi connectivity index (χ4n) is 2.47. The zero-order valence-electron chi connectivity index (χ0n) is 16.4. The van der Waals surface area contributed by atoms with E-state index in [2.05, 4.69) is 10.3 Å². The highest BCUT2D eigenvalue weighted by Gasteiger charge is 2.13. The summed E-state index contributed by atoms with van der Waals surface area (Å²) < 4.78 is 11.3. The molecule has 2 atom stereocenters. The summed E-state index contributed by atoms with van der Waals surface area (Å²) in [6, 6.07) is 9.38. The first kappa shape index (κ1) is 26.0. The van der Waals surface area contributed by atoms with Gasteiger partial charge >= 0.3 is 0 Å². The Labute approximate surface area is 179 Å². The van der Waals surface area contributed by atoms with Crippen molar-refractivity contribution in [1.82, 2.24) is 10.3 Å². The van der Waals surface area contributed by atoms with E-state index in [0.29, 0.717) is 30.9 Å². The fourth-order valence-corrected chi connectivity index (χ4v) is 2.47. The summed E-state index contributed by atoms with van der Waals surface area (Å²) in [6.45, 7) is 4.27. The normalized spacial score (nSPS) is 12.0. The van der Waals surface area contributed by atoms with Gasteiger partial charge in [0.05, 0.1) is 13.2 Å². The van der Waals surface area contributed by atoms with Crippen LogP contribution in [0.4, 0.5) is 0 Å². The predicted octanol–water partition coefficient (Wildman–Crippen LogP) is 3.82. The number of amides is 1. The average molecular weight is 430 g/mol. The maximum Gasteiger partial charge on any atom is 0.220 e. The van der Waals surface area contributed by atoms with Crippen LogP contribution in [0.1, 0.15) is 43.9 Å². The quantitative estimate of drug-likeness (QED) is 0.632. The summed E-state index contributed by atoms with van der Waals surface area (Å²) in [6.07, 6.45) is 4.56. The van der Waals surface area contributed by atoms with Gasteiger partial charge in [-0.3, -0.25) is 9.78 Å². The lowest BCUT2D eigenvalue weighted by atomic mass is 10.1. The smallest absolute Gasteiger partial charge is 0.220 e. The molecule has 0 saturated heterocycles. The maximum atomic E-state index is 12.0. The molecule has 2 aromatic rings. The molecule has 0 aliphatic rings. The van der Waals surface area contributed by atoms with E-state index in [0.717, 1.165) is 11.1 Å². The van der Waals surface area contributed by atoms with Gasteiger partial charge < -0.3 is 20.5 Å². The summed E-state index contributed by atoms with van der Waals surface area (Å²) in [5.74, 6) is 1.28. The molecule has 1 aromatic carbocycles. The maximum absolute atomic E-state index is 12.0. The molecule has 1 amide bonds.